The summed E-state index contributed by atoms with van der Waals surface area (Å²) in [6.45, 7) is 0. The molecule has 1 heterocycles. The molecule has 0 saturated carbocycles. The van der Waals surface area contributed by atoms with Crippen LogP contribution in [0.25, 0.3) is 0 Å². The average Bonchev–Trinajstić information content (AvgIpc) is 2.27. The minimum atomic E-state index is -0.0537. The van der Waals surface area contributed by atoms with Gasteiger partial charge in [0.15, 0.2) is 11.5 Å². The van der Waals surface area contributed by atoms with E-state index in [0.29, 0.717) is 11.4 Å². The number of nitrogens with one attached hydrogen (secondary N) is 1. The van der Waals surface area contributed by atoms with Gasteiger partial charge in [0.1, 0.15) is 5.69 Å². The number of rotatable bonds is 0. The summed E-state index contributed by atoms with van der Waals surface area (Å²) in [6, 6.07) is 12.5. The molecule has 1 aliphatic rings. The molecule has 2 aromatic carbocycles. The van der Waals surface area contributed by atoms with Crippen molar-refractivity contribution in [1.82, 2.24) is 0 Å². The van der Waals surface area contributed by atoms with Crippen molar-refractivity contribution in [3.05, 3.63) is 42.5 Å². The van der Waals surface area contributed by atoms with Gasteiger partial charge in [-0.2, -0.15) is 0 Å². The lowest BCUT2D eigenvalue weighted by Crippen LogP contribution is -2.02. The van der Waals surface area contributed by atoms with E-state index in [1.165, 1.54) is 6.07 Å². The first-order chi connectivity index (χ1) is 7.34. The van der Waals surface area contributed by atoms with Gasteiger partial charge in [-0.05, 0) is 24.3 Å². The van der Waals surface area contributed by atoms with Gasteiger partial charge < -0.3 is 10.1 Å². The number of benzene rings is 2. The zero-order valence-electron chi connectivity index (χ0n) is 7.86. The molecule has 0 amide bonds. The van der Waals surface area contributed by atoms with Gasteiger partial charge in [0, 0.05) is 0 Å². The largest absolute Gasteiger partial charge is 0.453 e. The van der Waals surface area contributed by atoms with Gasteiger partial charge >= 0.3 is 0 Å². The minimum Gasteiger partial charge on any atom is -0.453 e. The summed E-state index contributed by atoms with van der Waals surface area (Å²) in [5, 5.41) is 14.6. The van der Waals surface area contributed by atoms with Gasteiger partial charge in [0.05, 0.1) is 5.69 Å². The van der Waals surface area contributed by atoms with E-state index in [1.54, 1.807) is 12.1 Å². The maximum absolute atomic E-state index is 11.5. The Labute approximate surface area is 86.9 Å². The molecule has 2 aromatic rings. The van der Waals surface area contributed by atoms with Crippen LogP contribution in [-0.4, -0.2) is 0 Å². The summed E-state index contributed by atoms with van der Waals surface area (Å²) >= 11 is 0. The topological polar surface area (TPSA) is 41.2 Å². The molecule has 73 valence electrons. The fourth-order valence-electron chi connectivity index (χ4n) is 1.63. The van der Waals surface area contributed by atoms with Crippen LogP contribution in [0, 0.1) is 0 Å². The normalized spacial score (nSPS) is 12.0. The van der Waals surface area contributed by atoms with Crippen LogP contribution in [0.1, 0.15) is 0 Å². The van der Waals surface area contributed by atoms with Crippen molar-refractivity contribution in [2.24, 2.45) is 0 Å². The van der Waals surface area contributed by atoms with Gasteiger partial charge in [-0.3, -0.25) is 5.11 Å². The van der Waals surface area contributed by atoms with Crippen LogP contribution in [-0.2, 0) is 5.11 Å². The molecule has 0 fully saturated rings. The van der Waals surface area contributed by atoms with Crippen LogP contribution in [0.5, 0.6) is 17.2 Å². The number of para-hydroxylation sites is 3. The van der Waals surface area contributed by atoms with Gasteiger partial charge in [-0.1, -0.05) is 18.2 Å². The molecule has 1 N–H and O–H groups in total. The molecule has 3 rings (SSSR count). The van der Waals surface area contributed by atoms with Gasteiger partial charge in [0.25, 0.3) is 0 Å². The third kappa shape index (κ3) is 1.21. The lowest BCUT2D eigenvalue weighted by atomic mass is 10.2. The standard InChI is InChI=1S/C12H8NO2/c14-9-5-3-7-11-12(9)13-8-4-1-2-6-10(8)15-11/h1-7,13H. The van der Waals surface area contributed by atoms with E-state index in [-0.39, 0.29) is 5.75 Å². The Hall–Kier alpha value is -2.16. The van der Waals surface area contributed by atoms with Crippen LogP contribution in [0.15, 0.2) is 42.5 Å². The summed E-state index contributed by atoms with van der Waals surface area (Å²) in [5.41, 5.74) is 1.34. The molecule has 1 aliphatic heterocycles. The molecule has 0 unspecified atom stereocenters. The molecule has 0 saturated heterocycles. The lowest BCUT2D eigenvalue weighted by Gasteiger charge is -2.21. The number of hydrogen-bond donors (Lipinski definition) is 1. The number of fused-ring (bicyclic) bond motifs is 2. The molecule has 0 aliphatic carbocycles. The van der Waals surface area contributed by atoms with E-state index in [9.17, 15) is 5.11 Å². The maximum atomic E-state index is 11.5. The summed E-state index contributed by atoms with van der Waals surface area (Å²) in [7, 11) is 0. The first-order valence-corrected chi connectivity index (χ1v) is 4.68. The average molecular weight is 198 g/mol. The predicted molar refractivity (Wildman–Crippen MR) is 56.4 cm³/mol. The first kappa shape index (κ1) is 8.17. The second kappa shape index (κ2) is 2.92. The second-order valence-corrected chi connectivity index (χ2v) is 3.35. The van der Waals surface area contributed by atoms with E-state index in [1.807, 2.05) is 24.3 Å². The third-order valence-electron chi connectivity index (χ3n) is 2.35. The number of anilines is 2. The Morgan fingerprint density at radius 3 is 2.67 bits per heavy atom. The van der Waals surface area contributed by atoms with Crippen molar-refractivity contribution in [1.29, 1.82) is 0 Å². The Bertz CT molecular complexity index is 523. The Balaban J connectivity index is 2.15. The lowest BCUT2D eigenvalue weighted by molar-refractivity contribution is 0.353. The molecule has 0 bridgehead atoms. The van der Waals surface area contributed by atoms with Crippen molar-refractivity contribution >= 4 is 11.4 Å². The van der Waals surface area contributed by atoms with E-state index in [0.717, 1.165) is 11.4 Å². The Morgan fingerprint density at radius 2 is 1.73 bits per heavy atom. The zero-order chi connectivity index (χ0) is 10.3. The molecule has 3 heteroatoms. The molecule has 0 atom stereocenters. The SMILES string of the molecule is [O]c1cccc2c1Nc1ccccc1O2. The van der Waals surface area contributed by atoms with Crippen LogP contribution in [0.4, 0.5) is 11.4 Å². The highest BCUT2D eigenvalue weighted by molar-refractivity contribution is 5.79. The monoisotopic (exact) mass is 198 g/mol. The smallest absolute Gasteiger partial charge is 0.205 e. The number of hydrogen-bond acceptors (Lipinski definition) is 2. The summed E-state index contributed by atoms with van der Waals surface area (Å²) < 4.78 is 5.60. The summed E-state index contributed by atoms with van der Waals surface area (Å²) in [4.78, 5) is 0. The van der Waals surface area contributed by atoms with Crippen LogP contribution >= 0.6 is 0 Å². The summed E-state index contributed by atoms with van der Waals surface area (Å²) in [5.74, 6) is 1.28. The van der Waals surface area contributed by atoms with Gasteiger partial charge in [0.2, 0.25) is 5.75 Å². The first-order valence-electron chi connectivity index (χ1n) is 4.68. The molecule has 1 radical (unpaired) electrons. The minimum absolute atomic E-state index is 0.0537. The fourth-order valence-corrected chi connectivity index (χ4v) is 1.63. The van der Waals surface area contributed by atoms with E-state index in [4.69, 9.17) is 4.74 Å². The predicted octanol–water partition coefficient (Wildman–Crippen LogP) is 3.68. The molecular formula is C12H8NO2. The fraction of sp³-hybridized carbons (Fsp3) is 0. The van der Waals surface area contributed by atoms with Crippen LogP contribution < -0.4 is 10.1 Å². The van der Waals surface area contributed by atoms with Crippen molar-refractivity contribution in [3.8, 4) is 17.2 Å². The molecule has 0 aromatic heterocycles. The number of ether oxygens (including phenoxy) is 1. The van der Waals surface area contributed by atoms with Crippen molar-refractivity contribution in [2.45, 2.75) is 0 Å². The zero-order valence-corrected chi connectivity index (χ0v) is 7.86. The van der Waals surface area contributed by atoms with E-state index < -0.39 is 0 Å². The highest BCUT2D eigenvalue weighted by Crippen LogP contribution is 2.45. The van der Waals surface area contributed by atoms with Crippen LogP contribution in [0.2, 0.25) is 0 Å². The van der Waals surface area contributed by atoms with Crippen molar-refractivity contribution in [3.63, 3.8) is 0 Å². The van der Waals surface area contributed by atoms with Crippen molar-refractivity contribution < 1.29 is 9.84 Å². The highest BCUT2D eigenvalue weighted by atomic mass is 16.5. The Kier molecular flexibility index (Phi) is 1.59. The Morgan fingerprint density at radius 1 is 0.933 bits per heavy atom. The van der Waals surface area contributed by atoms with Crippen LogP contribution in [0.3, 0.4) is 0 Å². The quantitative estimate of drug-likeness (QED) is 0.598. The molecule has 3 nitrogen and oxygen atoms in total. The maximum Gasteiger partial charge on any atom is 0.205 e. The third-order valence-corrected chi connectivity index (χ3v) is 2.35. The molecular weight excluding hydrogens is 190 g/mol. The summed E-state index contributed by atoms with van der Waals surface area (Å²) in [6.07, 6.45) is 0. The van der Waals surface area contributed by atoms with Crippen molar-refractivity contribution in [2.75, 3.05) is 5.32 Å². The highest BCUT2D eigenvalue weighted by Gasteiger charge is 2.18. The van der Waals surface area contributed by atoms with E-state index >= 15 is 0 Å². The molecule has 0 spiro atoms. The molecule has 15 heavy (non-hydrogen) atoms. The van der Waals surface area contributed by atoms with E-state index in [2.05, 4.69) is 5.32 Å². The second-order valence-electron chi connectivity index (χ2n) is 3.35. The van der Waals surface area contributed by atoms with Gasteiger partial charge in [-0.15, -0.1) is 0 Å². The van der Waals surface area contributed by atoms with Gasteiger partial charge in [-0.25, -0.2) is 0 Å².